The molecule has 1 aromatic carbocycles. The van der Waals surface area contributed by atoms with Crippen molar-refractivity contribution < 1.29 is 5.11 Å². The summed E-state index contributed by atoms with van der Waals surface area (Å²) in [5.41, 5.74) is 6.51. The first-order valence-corrected chi connectivity index (χ1v) is 8.11. The molecule has 1 unspecified atom stereocenters. The van der Waals surface area contributed by atoms with E-state index in [1.807, 2.05) is 71.2 Å². The second-order valence-corrected chi connectivity index (χ2v) is 4.24. The number of nitrogens with zero attached hydrogens (tertiary/aromatic N) is 1. The summed E-state index contributed by atoms with van der Waals surface area (Å²) in [6, 6.07) is 7.98. The van der Waals surface area contributed by atoms with Crippen LogP contribution in [0.3, 0.4) is 0 Å². The second-order valence-electron chi connectivity index (χ2n) is 4.24. The number of H-pyrrole nitrogens is 1. The number of imidazole rings is 1. The van der Waals surface area contributed by atoms with Gasteiger partial charge in [-0.25, -0.2) is 4.98 Å². The van der Waals surface area contributed by atoms with Gasteiger partial charge in [-0.15, -0.1) is 0 Å². The van der Waals surface area contributed by atoms with Gasteiger partial charge in [-0.05, 0) is 40.1 Å². The van der Waals surface area contributed by atoms with E-state index in [4.69, 9.17) is 5.11 Å². The van der Waals surface area contributed by atoms with Crippen molar-refractivity contribution in [2.24, 2.45) is 5.73 Å². The lowest BCUT2D eigenvalue weighted by Gasteiger charge is -2.10. The Kier molecular flexibility index (Phi) is 17.1. The van der Waals surface area contributed by atoms with E-state index in [-0.39, 0.29) is 12.6 Å². The van der Waals surface area contributed by atoms with E-state index < -0.39 is 0 Å². The molecule has 0 saturated heterocycles. The highest BCUT2D eigenvalue weighted by Crippen LogP contribution is 2.11. The highest BCUT2D eigenvalue weighted by atomic mass is 16.3. The minimum absolute atomic E-state index is 0.0607. The number of allylic oxidation sites excluding steroid dienone is 2. The van der Waals surface area contributed by atoms with Gasteiger partial charge >= 0.3 is 0 Å². The number of fused-ring (bicyclic) bond motifs is 1. The minimum Gasteiger partial charge on any atom is -0.395 e. The standard InChI is InChI=1S/C11H15N3O.C4H8.C2H6.CH5N/c1-12-8(7-15)6-11-13-9-4-2-3-5-10(9)14-11;1-3-4-2;2*1-2/h2-5,8,12,15H,6-7H2,1H3,(H,13,14);3-4H,1-2H3;1-2H3;2H2,1H3. The fourth-order valence-electron chi connectivity index (χ4n) is 1.59. The summed E-state index contributed by atoms with van der Waals surface area (Å²) in [7, 11) is 3.34. The normalized spacial score (nSPS) is 10.8. The molecule has 0 bridgehead atoms. The molecular formula is C18H34N4O. The highest BCUT2D eigenvalue weighted by Gasteiger charge is 2.08. The zero-order valence-electron chi connectivity index (χ0n) is 15.4. The first kappa shape index (κ1) is 23.6. The summed E-state index contributed by atoms with van der Waals surface area (Å²) in [5.74, 6) is 0.907. The van der Waals surface area contributed by atoms with Gasteiger partial charge in [0.2, 0.25) is 0 Å². The Labute approximate surface area is 141 Å². The van der Waals surface area contributed by atoms with E-state index in [1.165, 1.54) is 7.05 Å². The number of nitrogens with two attached hydrogens (primary N) is 1. The van der Waals surface area contributed by atoms with Crippen molar-refractivity contribution in [3.05, 3.63) is 42.2 Å². The third-order valence-electron chi connectivity index (χ3n) is 2.84. The van der Waals surface area contributed by atoms with E-state index in [0.29, 0.717) is 6.42 Å². The molecular weight excluding hydrogens is 288 g/mol. The van der Waals surface area contributed by atoms with Crippen LogP contribution in [0.25, 0.3) is 11.0 Å². The number of likely N-dealkylation sites (N-methyl/N-ethyl adjacent to an activating group) is 1. The van der Waals surface area contributed by atoms with Crippen LogP contribution in [0.2, 0.25) is 0 Å². The Morgan fingerprint density at radius 2 is 1.78 bits per heavy atom. The van der Waals surface area contributed by atoms with Crippen molar-refractivity contribution in [3.63, 3.8) is 0 Å². The summed E-state index contributed by atoms with van der Waals surface area (Å²) in [6.45, 7) is 8.12. The summed E-state index contributed by atoms with van der Waals surface area (Å²) < 4.78 is 0. The molecule has 132 valence electrons. The predicted molar refractivity (Wildman–Crippen MR) is 102 cm³/mol. The summed E-state index contributed by atoms with van der Waals surface area (Å²) in [4.78, 5) is 7.67. The molecule has 2 aromatic rings. The molecule has 5 N–H and O–H groups in total. The van der Waals surface area contributed by atoms with Crippen molar-refractivity contribution in [2.75, 3.05) is 20.7 Å². The van der Waals surface area contributed by atoms with Crippen molar-refractivity contribution >= 4 is 11.0 Å². The minimum atomic E-state index is 0.0607. The molecule has 23 heavy (non-hydrogen) atoms. The van der Waals surface area contributed by atoms with Gasteiger partial charge in [-0.1, -0.05) is 38.1 Å². The summed E-state index contributed by atoms with van der Waals surface area (Å²) in [6.07, 6.45) is 4.71. The van der Waals surface area contributed by atoms with Crippen molar-refractivity contribution in [1.29, 1.82) is 0 Å². The third kappa shape index (κ3) is 9.84. The van der Waals surface area contributed by atoms with Crippen LogP contribution in [0, 0.1) is 0 Å². The molecule has 0 amide bonds. The predicted octanol–water partition coefficient (Wildman–Crippen LogP) is 2.87. The number of aliphatic hydroxyl groups excluding tert-OH is 1. The van der Waals surface area contributed by atoms with Crippen molar-refractivity contribution in [1.82, 2.24) is 15.3 Å². The molecule has 5 nitrogen and oxygen atoms in total. The number of hydrogen-bond donors (Lipinski definition) is 4. The van der Waals surface area contributed by atoms with Crippen LogP contribution < -0.4 is 11.1 Å². The topological polar surface area (TPSA) is 87.0 Å². The van der Waals surface area contributed by atoms with Gasteiger partial charge in [0.25, 0.3) is 0 Å². The van der Waals surface area contributed by atoms with Gasteiger partial charge in [-0.2, -0.15) is 0 Å². The lowest BCUT2D eigenvalue weighted by molar-refractivity contribution is 0.247. The van der Waals surface area contributed by atoms with Crippen LogP contribution >= 0.6 is 0 Å². The molecule has 2 rings (SSSR count). The molecule has 0 spiro atoms. The Balaban J connectivity index is 0. The van der Waals surface area contributed by atoms with E-state index in [1.54, 1.807) is 0 Å². The molecule has 1 heterocycles. The Morgan fingerprint density at radius 3 is 2.22 bits per heavy atom. The zero-order chi connectivity index (χ0) is 18.1. The Morgan fingerprint density at radius 1 is 1.22 bits per heavy atom. The van der Waals surface area contributed by atoms with Gasteiger partial charge in [-0.3, -0.25) is 0 Å². The van der Waals surface area contributed by atoms with Crippen LogP contribution in [-0.4, -0.2) is 41.8 Å². The van der Waals surface area contributed by atoms with Gasteiger partial charge < -0.3 is 21.1 Å². The Hall–Kier alpha value is -1.69. The maximum Gasteiger partial charge on any atom is 0.108 e. The second kappa shape index (κ2) is 16.7. The molecule has 0 radical (unpaired) electrons. The van der Waals surface area contributed by atoms with Gasteiger partial charge in [0.15, 0.2) is 0 Å². The van der Waals surface area contributed by atoms with Gasteiger partial charge in [0, 0.05) is 12.5 Å². The van der Waals surface area contributed by atoms with Crippen LogP contribution in [-0.2, 0) is 6.42 Å². The number of aromatic nitrogens is 2. The molecule has 0 aliphatic carbocycles. The molecule has 1 aromatic heterocycles. The molecule has 5 heteroatoms. The molecule has 1 atom stereocenters. The average Bonchev–Trinajstić information content (AvgIpc) is 3.05. The number of nitrogens with one attached hydrogen (secondary N) is 2. The number of rotatable bonds is 4. The highest BCUT2D eigenvalue weighted by molar-refractivity contribution is 5.74. The van der Waals surface area contributed by atoms with Crippen molar-refractivity contribution in [3.8, 4) is 0 Å². The molecule has 0 saturated carbocycles. The maximum atomic E-state index is 9.06. The summed E-state index contributed by atoms with van der Waals surface area (Å²) >= 11 is 0. The van der Waals surface area contributed by atoms with Crippen LogP contribution in [0.5, 0.6) is 0 Å². The summed E-state index contributed by atoms with van der Waals surface area (Å²) in [5, 5.41) is 12.1. The molecule has 0 aliphatic heterocycles. The Bertz CT molecular complexity index is 467. The van der Waals surface area contributed by atoms with E-state index in [0.717, 1.165) is 16.9 Å². The van der Waals surface area contributed by atoms with Gasteiger partial charge in [0.05, 0.1) is 17.6 Å². The van der Waals surface area contributed by atoms with E-state index in [2.05, 4.69) is 21.0 Å². The number of aliphatic hydroxyl groups is 1. The number of benzene rings is 1. The first-order chi connectivity index (χ1) is 11.2. The number of hydrogen-bond acceptors (Lipinski definition) is 4. The lowest BCUT2D eigenvalue weighted by Crippen LogP contribution is -2.31. The van der Waals surface area contributed by atoms with E-state index in [9.17, 15) is 0 Å². The SMILES string of the molecule is CC.CC=CC.CN.CNC(CO)Cc1nc2ccccc2[nH]1. The van der Waals surface area contributed by atoms with Gasteiger partial charge in [0.1, 0.15) is 5.82 Å². The lowest BCUT2D eigenvalue weighted by atomic mass is 10.2. The monoisotopic (exact) mass is 322 g/mol. The first-order valence-electron chi connectivity index (χ1n) is 8.11. The smallest absolute Gasteiger partial charge is 0.108 e. The maximum absolute atomic E-state index is 9.06. The number of para-hydroxylation sites is 2. The number of aromatic amines is 1. The quantitative estimate of drug-likeness (QED) is 0.652. The zero-order valence-corrected chi connectivity index (χ0v) is 15.4. The fraction of sp³-hybridized carbons (Fsp3) is 0.500. The third-order valence-corrected chi connectivity index (χ3v) is 2.84. The molecule has 0 fully saturated rings. The van der Waals surface area contributed by atoms with Crippen LogP contribution in [0.15, 0.2) is 36.4 Å². The average molecular weight is 322 g/mol. The largest absolute Gasteiger partial charge is 0.395 e. The fourth-order valence-corrected chi connectivity index (χ4v) is 1.59. The molecule has 0 aliphatic rings. The van der Waals surface area contributed by atoms with Crippen molar-refractivity contribution in [2.45, 2.75) is 40.2 Å². The van der Waals surface area contributed by atoms with Crippen LogP contribution in [0.4, 0.5) is 0 Å². The van der Waals surface area contributed by atoms with E-state index >= 15 is 0 Å². The van der Waals surface area contributed by atoms with Crippen LogP contribution in [0.1, 0.15) is 33.5 Å².